The third kappa shape index (κ3) is 1.72. The molecule has 3 aliphatic rings. The molecule has 1 spiro atoms. The number of fused-ring (bicyclic) bond motifs is 2. The summed E-state index contributed by atoms with van der Waals surface area (Å²) in [5, 5.41) is 0. The molecule has 2 nitrogen and oxygen atoms in total. The van der Waals surface area contributed by atoms with Gasteiger partial charge >= 0.3 is 0 Å². The smallest absolute Gasteiger partial charge is 0.257 e. The second-order valence-corrected chi connectivity index (χ2v) is 6.76. The van der Waals surface area contributed by atoms with Crippen LogP contribution in [-0.4, -0.2) is 5.79 Å². The molecule has 2 heterocycles. The minimum atomic E-state index is -0.926. The Bertz CT molecular complexity index is 734. The van der Waals surface area contributed by atoms with Crippen molar-refractivity contribution in [2.24, 2.45) is 11.8 Å². The van der Waals surface area contributed by atoms with Crippen molar-refractivity contribution in [3.05, 3.63) is 59.2 Å². The lowest BCUT2D eigenvalue weighted by Gasteiger charge is -2.46. The van der Waals surface area contributed by atoms with E-state index in [0.29, 0.717) is 12.8 Å². The Morgan fingerprint density at radius 3 is 1.74 bits per heavy atom. The summed E-state index contributed by atoms with van der Waals surface area (Å²) < 4.78 is 40.7. The zero-order valence-corrected chi connectivity index (χ0v) is 12.5. The monoisotopic (exact) mass is 314 g/mol. The average molecular weight is 314 g/mol. The number of rotatable bonds is 0. The first-order valence-corrected chi connectivity index (χ1v) is 8.10. The van der Waals surface area contributed by atoms with Gasteiger partial charge in [0.25, 0.3) is 5.79 Å². The normalized spacial score (nSPS) is 30.3. The highest BCUT2D eigenvalue weighted by Gasteiger charge is 2.59. The highest BCUT2D eigenvalue weighted by Crippen LogP contribution is 2.55. The average Bonchev–Trinajstić information content (AvgIpc) is 2.90. The first-order chi connectivity index (χ1) is 11.2. The molecule has 2 aromatic rings. The lowest BCUT2D eigenvalue weighted by molar-refractivity contribution is -0.189. The number of ether oxygens (including phenoxy) is 2. The van der Waals surface area contributed by atoms with Crippen LogP contribution in [0.2, 0.25) is 0 Å². The molecular formula is C19H16F2O2. The summed E-state index contributed by atoms with van der Waals surface area (Å²) in [6.07, 6.45) is 3.34. The molecule has 23 heavy (non-hydrogen) atoms. The van der Waals surface area contributed by atoms with Gasteiger partial charge in [0.2, 0.25) is 0 Å². The van der Waals surface area contributed by atoms with Gasteiger partial charge in [0.15, 0.2) is 23.1 Å². The summed E-state index contributed by atoms with van der Waals surface area (Å²) in [6, 6.07) is 10.0. The number of hydrogen-bond donors (Lipinski definition) is 0. The second-order valence-electron chi connectivity index (χ2n) is 6.76. The van der Waals surface area contributed by atoms with Crippen molar-refractivity contribution >= 4 is 0 Å². The topological polar surface area (TPSA) is 18.5 Å². The van der Waals surface area contributed by atoms with Gasteiger partial charge in [-0.1, -0.05) is 24.3 Å². The van der Waals surface area contributed by atoms with E-state index in [9.17, 15) is 8.78 Å². The Balaban J connectivity index is 1.64. The van der Waals surface area contributed by atoms with Crippen LogP contribution in [0.5, 0.6) is 11.5 Å². The Morgan fingerprint density at radius 2 is 1.26 bits per heavy atom. The zero-order valence-electron chi connectivity index (χ0n) is 12.5. The van der Waals surface area contributed by atoms with Crippen molar-refractivity contribution in [1.29, 1.82) is 0 Å². The largest absolute Gasteiger partial charge is 0.448 e. The van der Waals surface area contributed by atoms with Crippen molar-refractivity contribution in [2.45, 2.75) is 31.5 Å². The van der Waals surface area contributed by atoms with E-state index in [1.165, 1.54) is 12.1 Å². The van der Waals surface area contributed by atoms with E-state index in [-0.39, 0.29) is 35.0 Å². The fraction of sp³-hybridized carbons (Fsp3) is 0.368. The molecule has 0 saturated heterocycles. The zero-order chi connectivity index (χ0) is 15.6. The molecule has 2 atom stereocenters. The Morgan fingerprint density at radius 1 is 0.783 bits per heavy atom. The van der Waals surface area contributed by atoms with E-state index in [0.717, 1.165) is 24.0 Å². The minimum absolute atomic E-state index is 0.134. The van der Waals surface area contributed by atoms with Gasteiger partial charge in [-0.15, -0.1) is 0 Å². The van der Waals surface area contributed by atoms with Crippen LogP contribution >= 0.6 is 0 Å². The van der Waals surface area contributed by atoms with Crippen molar-refractivity contribution < 1.29 is 18.3 Å². The summed E-state index contributed by atoms with van der Waals surface area (Å²) in [6.45, 7) is 0. The fourth-order valence-electron chi connectivity index (χ4n) is 4.49. The van der Waals surface area contributed by atoms with E-state index in [1.807, 2.05) is 12.1 Å². The van der Waals surface area contributed by atoms with Gasteiger partial charge in [0, 0.05) is 11.8 Å². The summed E-state index contributed by atoms with van der Waals surface area (Å²) >= 11 is 0. The van der Waals surface area contributed by atoms with Gasteiger partial charge in [0.1, 0.15) is 0 Å². The quantitative estimate of drug-likeness (QED) is 0.723. The van der Waals surface area contributed by atoms with Gasteiger partial charge in [-0.2, -0.15) is 0 Å². The maximum atomic E-state index is 14.2. The molecule has 0 unspecified atom stereocenters. The maximum Gasteiger partial charge on any atom is 0.257 e. The van der Waals surface area contributed by atoms with Crippen molar-refractivity contribution in [3.8, 4) is 11.5 Å². The standard InChI is InChI=1S/C19H16F2O2/c20-15-5-1-3-11-9-13-7-8-14-10-12-4-2-6-16(21)18(12)23-19(13,14)22-17(11)15/h1-6,13-14H,7-10H2/t13-,14-,19?/m1/s1. The molecule has 5 rings (SSSR count). The molecule has 1 aliphatic carbocycles. The third-order valence-corrected chi connectivity index (χ3v) is 5.55. The molecule has 118 valence electrons. The number of hydrogen-bond acceptors (Lipinski definition) is 2. The summed E-state index contributed by atoms with van der Waals surface area (Å²) in [5.41, 5.74) is 1.76. The first kappa shape index (κ1) is 13.3. The molecule has 0 N–H and O–H groups in total. The van der Waals surface area contributed by atoms with Crippen LogP contribution in [0.3, 0.4) is 0 Å². The molecule has 1 saturated carbocycles. The SMILES string of the molecule is Fc1cccc2c1OC13Oc4c(F)cccc4C[C@H]1CC[C@@H]3C2. The molecule has 0 aromatic heterocycles. The van der Waals surface area contributed by atoms with Gasteiger partial charge in [-0.05, 0) is 48.9 Å². The summed E-state index contributed by atoms with van der Waals surface area (Å²) in [7, 11) is 0. The molecule has 2 aliphatic heterocycles. The summed E-state index contributed by atoms with van der Waals surface area (Å²) in [5.74, 6) is -0.854. The van der Waals surface area contributed by atoms with E-state index in [4.69, 9.17) is 9.47 Å². The molecule has 4 heteroatoms. The highest BCUT2D eigenvalue weighted by molar-refractivity contribution is 5.42. The van der Waals surface area contributed by atoms with Gasteiger partial charge in [-0.25, -0.2) is 8.78 Å². The van der Waals surface area contributed by atoms with Crippen LogP contribution in [0.25, 0.3) is 0 Å². The van der Waals surface area contributed by atoms with Crippen molar-refractivity contribution in [1.82, 2.24) is 0 Å². The maximum absolute atomic E-state index is 14.2. The van der Waals surface area contributed by atoms with Crippen LogP contribution in [-0.2, 0) is 12.8 Å². The minimum Gasteiger partial charge on any atom is -0.448 e. The number of benzene rings is 2. The van der Waals surface area contributed by atoms with Crippen molar-refractivity contribution in [3.63, 3.8) is 0 Å². The molecule has 2 aromatic carbocycles. The van der Waals surface area contributed by atoms with Crippen molar-refractivity contribution in [2.75, 3.05) is 0 Å². The molecule has 0 amide bonds. The molecular weight excluding hydrogens is 298 g/mol. The third-order valence-electron chi connectivity index (χ3n) is 5.55. The summed E-state index contributed by atoms with van der Waals surface area (Å²) in [4.78, 5) is 0. The Kier molecular flexibility index (Phi) is 2.59. The first-order valence-electron chi connectivity index (χ1n) is 8.10. The lowest BCUT2D eigenvalue weighted by atomic mass is 9.82. The molecule has 0 radical (unpaired) electrons. The van der Waals surface area contributed by atoms with Gasteiger partial charge < -0.3 is 9.47 Å². The van der Waals surface area contributed by atoms with E-state index in [1.54, 1.807) is 12.1 Å². The van der Waals surface area contributed by atoms with Crippen LogP contribution < -0.4 is 9.47 Å². The second kappa shape index (κ2) is 4.47. The van der Waals surface area contributed by atoms with E-state index < -0.39 is 5.79 Å². The van der Waals surface area contributed by atoms with Gasteiger partial charge in [-0.3, -0.25) is 0 Å². The highest BCUT2D eigenvalue weighted by atomic mass is 19.1. The van der Waals surface area contributed by atoms with Gasteiger partial charge in [0.05, 0.1) is 0 Å². The van der Waals surface area contributed by atoms with Crippen LogP contribution in [0.4, 0.5) is 8.78 Å². The van der Waals surface area contributed by atoms with Crippen LogP contribution in [0, 0.1) is 23.5 Å². The lowest BCUT2D eigenvalue weighted by Crippen LogP contribution is -2.56. The van der Waals surface area contributed by atoms with E-state index in [2.05, 4.69) is 0 Å². The number of para-hydroxylation sites is 2. The Hall–Kier alpha value is -2.10. The fourth-order valence-corrected chi connectivity index (χ4v) is 4.49. The van der Waals surface area contributed by atoms with Crippen LogP contribution in [0.1, 0.15) is 24.0 Å². The molecule has 0 bridgehead atoms. The number of halogens is 2. The Labute approximate surface area is 133 Å². The molecule has 1 fully saturated rings. The van der Waals surface area contributed by atoms with E-state index >= 15 is 0 Å². The predicted molar refractivity (Wildman–Crippen MR) is 80.4 cm³/mol. The van der Waals surface area contributed by atoms with Crippen LogP contribution in [0.15, 0.2) is 36.4 Å². The predicted octanol–water partition coefficient (Wildman–Crippen LogP) is 4.26.